The van der Waals surface area contributed by atoms with E-state index in [4.69, 9.17) is 4.74 Å². The third-order valence-corrected chi connectivity index (χ3v) is 4.60. The molecule has 1 aliphatic rings. The van der Waals surface area contributed by atoms with Crippen molar-refractivity contribution in [1.82, 2.24) is 15.5 Å². The fourth-order valence-electron chi connectivity index (χ4n) is 3.06. The van der Waals surface area contributed by atoms with Crippen molar-refractivity contribution in [3.05, 3.63) is 65.7 Å². The molecule has 2 N–H and O–H groups in total. The van der Waals surface area contributed by atoms with E-state index in [0.717, 1.165) is 16.0 Å². The molecule has 3 rings (SSSR count). The number of carbonyl (C=O) groups is 3. The van der Waals surface area contributed by atoms with Crippen LogP contribution in [0.4, 0.5) is 4.79 Å². The van der Waals surface area contributed by atoms with Crippen molar-refractivity contribution in [2.75, 3.05) is 13.7 Å². The summed E-state index contributed by atoms with van der Waals surface area (Å²) in [6, 6.07) is 15.9. The Hall–Kier alpha value is -3.35. The summed E-state index contributed by atoms with van der Waals surface area (Å²) in [4.78, 5) is 37.7. The minimum absolute atomic E-state index is 0.289. The average molecular weight is 381 g/mol. The van der Waals surface area contributed by atoms with Gasteiger partial charge in [-0.1, -0.05) is 42.5 Å². The largest absolute Gasteiger partial charge is 0.497 e. The van der Waals surface area contributed by atoms with Crippen LogP contribution in [0.1, 0.15) is 17.5 Å². The van der Waals surface area contributed by atoms with Gasteiger partial charge in [0.2, 0.25) is 5.91 Å². The van der Waals surface area contributed by atoms with Gasteiger partial charge in [-0.3, -0.25) is 14.5 Å². The molecule has 1 heterocycles. The Morgan fingerprint density at radius 3 is 2.61 bits per heavy atom. The molecule has 1 atom stereocenters. The van der Waals surface area contributed by atoms with Crippen LogP contribution in [-0.4, -0.2) is 42.4 Å². The van der Waals surface area contributed by atoms with E-state index in [2.05, 4.69) is 10.6 Å². The normalized spacial score (nSPS) is 16.0. The van der Waals surface area contributed by atoms with Gasteiger partial charge in [0.15, 0.2) is 0 Å². The van der Waals surface area contributed by atoms with Crippen LogP contribution >= 0.6 is 0 Å². The molecule has 7 nitrogen and oxygen atoms in total. The number of rotatable bonds is 8. The summed E-state index contributed by atoms with van der Waals surface area (Å²) in [6.45, 7) is -0.00636. The molecular weight excluding hydrogens is 358 g/mol. The van der Waals surface area contributed by atoms with Crippen LogP contribution < -0.4 is 15.4 Å². The predicted molar refractivity (Wildman–Crippen MR) is 104 cm³/mol. The summed E-state index contributed by atoms with van der Waals surface area (Å²) in [7, 11) is 1.57. The van der Waals surface area contributed by atoms with Crippen molar-refractivity contribution in [2.24, 2.45) is 0 Å². The molecule has 1 aliphatic heterocycles. The second-order valence-electron chi connectivity index (χ2n) is 6.58. The fourth-order valence-corrected chi connectivity index (χ4v) is 3.06. The maximum Gasteiger partial charge on any atom is 0.325 e. The number of aryl methyl sites for hydroxylation is 1. The van der Waals surface area contributed by atoms with Gasteiger partial charge in [0.25, 0.3) is 5.91 Å². The van der Waals surface area contributed by atoms with Crippen LogP contribution in [0.5, 0.6) is 5.75 Å². The lowest BCUT2D eigenvalue weighted by Crippen LogP contribution is -2.41. The van der Waals surface area contributed by atoms with Gasteiger partial charge in [-0.2, -0.15) is 0 Å². The Kier molecular flexibility index (Phi) is 6.26. The lowest BCUT2D eigenvalue weighted by molar-refractivity contribution is -0.132. The van der Waals surface area contributed by atoms with Gasteiger partial charge in [0.05, 0.1) is 7.11 Å². The lowest BCUT2D eigenvalue weighted by atomic mass is 10.1. The van der Waals surface area contributed by atoms with Gasteiger partial charge in [-0.25, -0.2) is 4.79 Å². The smallest absolute Gasteiger partial charge is 0.325 e. The van der Waals surface area contributed by atoms with Gasteiger partial charge in [0.1, 0.15) is 18.3 Å². The van der Waals surface area contributed by atoms with Gasteiger partial charge in [-0.05, 0) is 36.1 Å². The quantitative estimate of drug-likeness (QED) is 0.684. The molecule has 2 aromatic carbocycles. The molecule has 0 spiro atoms. The van der Waals surface area contributed by atoms with Crippen LogP contribution in [0, 0.1) is 0 Å². The van der Waals surface area contributed by atoms with Crippen molar-refractivity contribution in [1.29, 1.82) is 0 Å². The van der Waals surface area contributed by atoms with Crippen molar-refractivity contribution in [2.45, 2.75) is 25.4 Å². The molecule has 7 heteroatoms. The zero-order valence-corrected chi connectivity index (χ0v) is 15.7. The molecule has 1 fully saturated rings. The number of nitrogens with zero attached hydrogens (tertiary/aromatic N) is 1. The van der Waals surface area contributed by atoms with Gasteiger partial charge < -0.3 is 15.4 Å². The molecule has 0 saturated carbocycles. The van der Waals surface area contributed by atoms with E-state index in [1.54, 1.807) is 7.11 Å². The predicted octanol–water partition coefficient (Wildman–Crippen LogP) is 1.86. The van der Waals surface area contributed by atoms with E-state index in [0.29, 0.717) is 18.6 Å². The number of urea groups is 1. The van der Waals surface area contributed by atoms with E-state index in [-0.39, 0.29) is 19.0 Å². The van der Waals surface area contributed by atoms with Crippen molar-refractivity contribution in [3.63, 3.8) is 0 Å². The highest BCUT2D eigenvalue weighted by atomic mass is 16.5. The summed E-state index contributed by atoms with van der Waals surface area (Å²) in [6.07, 6.45) is 1.17. The van der Waals surface area contributed by atoms with Gasteiger partial charge >= 0.3 is 6.03 Å². The van der Waals surface area contributed by atoms with Crippen LogP contribution in [0.3, 0.4) is 0 Å². The maximum absolute atomic E-state index is 12.5. The topological polar surface area (TPSA) is 87.7 Å². The Balaban J connectivity index is 1.49. The highest BCUT2D eigenvalue weighted by Gasteiger charge is 2.38. The van der Waals surface area contributed by atoms with Crippen molar-refractivity contribution < 1.29 is 19.1 Å². The second kappa shape index (κ2) is 9.03. The highest BCUT2D eigenvalue weighted by molar-refractivity contribution is 6.06. The first-order valence-electron chi connectivity index (χ1n) is 9.12. The van der Waals surface area contributed by atoms with E-state index in [9.17, 15) is 14.4 Å². The zero-order chi connectivity index (χ0) is 19.9. The molecule has 0 aromatic heterocycles. The number of imide groups is 1. The van der Waals surface area contributed by atoms with Crippen molar-refractivity contribution >= 4 is 17.8 Å². The minimum Gasteiger partial charge on any atom is -0.497 e. The van der Waals surface area contributed by atoms with E-state index >= 15 is 0 Å². The van der Waals surface area contributed by atoms with E-state index in [1.807, 2.05) is 54.6 Å². The molecule has 0 unspecified atom stereocenters. The van der Waals surface area contributed by atoms with Gasteiger partial charge in [0, 0.05) is 6.54 Å². The van der Waals surface area contributed by atoms with Crippen LogP contribution in [0.25, 0.3) is 0 Å². The number of ether oxygens (including phenoxy) is 1. The third kappa shape index (κ3) is 4.88. The Bertz CT molecular complexity index is 854. The first-order valence-corrected chi connectivity index (χ1v) is 9.12. The Labute approximate surface area is 163 Å². The number of nitrogens with one attached hydrogen (secondary N) is 2. The Morgan fingerprint density at radius 1 is 1.11 bits per heavy atom. The number of hydrogen-bond donors (Lipinski definition) is 2. The van der Waals surface area contributed by atoms with E-state index in [1.165, 1.54) is 0 Å². The van der Waals surface area contributed by atoms with Crippen LogP contribution in [0.2, 0.25) is 0 Å². The molecular formula is C21H23N3O4. The van der Waals surface area contributed by atoms with E-state index < -0.39 is 18.0 Å². The summed E-state index contributed by atoms with van der Waals surface area (Å²) in [5, 5.41) is 5.38. The van der Waals surface area contributed by atoms with Crippen LogP contribution in [-0.2, 0) is 22.6 Å². The Morgan fingerprint density at radius 2 is 1.86 bits per heavy atom. The number of hydrogen-bond acceptors (Lipinski definition) is 4. The number of carbonyl (C=O) groups excluding carboxylic acids is 3. The zero-order valence-electron chi connectivity index (χ0n) is 15.7. The molecule has 0 radical (unpaired) electrons. The number of amides is 4. The van der Waals surface area contributed by atoms with Crippen molar-refractivity contribution in [3.8, 4) is 5.75 Å². The highest BCUT2D eigenvalue weighted by Crippen LogP contribution is 2.14. The summed E-state index contributed by atoms with van der Waals surface area (Å²) < 4.78 is 5.15. The lowest BCUT2D eigenvalue weighted by Gasteiger charge is -2.13. The molecule has 146 valence electrons. The third-order valence-electron chi connectivity index (χ3n) is 4.60. The monoisotopic (exact) mass is 381 g/mol. The standard InChI is InChI=1S/C21H23N3O4/c1-28-17-9-5-8-16(12-17)13-22-19(25)14-24-20(26)18(23-21(24)27)11-10-15-6-3-2-4-7-15/h2-9,12,18H,10-11,13-14H2,1H3,(H,22,25)(H,23,27)/t18-/m0/s1. The average Bonchev–Trinajstić information content (AvgIpc) is 2.99. The first kappa shape index (κ1) is 19.4. The maximum atomic E-state index is 12.5. The number of benzene rings is 2. The SMILES string of the molecule is COc1cccc(CNC(=O)CN2C(=O)N[C@@H](CCc3ccccc3)C2=O)c1. The molecule has 0 bridgehead atoms. The number of methoxy groups -OCH3 is 1. The minimum atomic E-state index is -0.598. The molecule has 4 amide bonds. The summed E-state index contributed by atoms with van der Waals surface area (Å²) in [5.74, 6) is -0.0606. The van der Waals surface area contributed by atoms with Gasteiger partial charge in [-0.15, -0.1) is 0 Å². The van der Waals surface area contributed by atoms with Crippen LogP contribution in [0.15, 0.2) is 54.6 Å². The molecule has 28 heavy (non-hydrogen) atoms. The first-order chi connectivity index (χ1) is 13.6. The summed E-state index contributed by atoms with van der Waals surface area (Å²) in [5.41, 5.74) is 1.96. The molecule has 0 aliphatic carbocycles. The second-order valence-corrected chi connectivity index (χ2v) is 6.58. The summed E-state index contributed by atoms with van der Waals surface area (Å²) >= 11 is 0. The molecule has 1 saturated heterocycles. The molecule has 2 aromatic rings. The fraction of sp³-hybridized carbons (Fsp3) is 0.286.